The SMILES string of the molecule is Cc1c(Cl)nc(C(C)(C)C)nc1NCC(C)N(C)C. The molecule has 1 unspecified atom stereocenters. The molecule has 0 spiro atoms. The third-order valence-corrected chi connectivity index (χ3v) is 3.57. The summed E-state index contributed by atoms with van der Waals surface area (Å²) in [7, 11) is 4.12. The van der Waals surface area contributed by atoms with E-state index in [4.69, 9.17) is 11.6 Å². The van der Waals surface area contributed by atoms with Crippen LogP contribution >= 0.6 is 11.6 Å². The van der Waals surface area contributed by atoms with Crippen molar-refractivity contribution >= 4 is 17.4 Å². The van der Waals surface area contributed by atoms with Crippen molar-refractivity contribution in [1.82, 2.24) is 14.9 Å². The smallest absolute Gasteiger partial charge is 0.137 e. The topological polar surface area (TPSA) is 41.1 Å². The van der Waals surface area contributed by atoms with E-state index >= 15 is 0 Å². The second-order valence-electron chi connectivity index (χ2n) is 6.26. The largest absolute Gasteiger partial charge is 0.368 e. The van der Waals surface area contributed by atoms with Crippen LogP contribution in [0.2, 0.25) is 5.15 Å². The quantitative estimate of drug-likeness (QED) is 0.863. The average Bonchev–Trinajstić information content (AvgIpc) is 2.28. The molecular weight excluding hydrogens is 260 g/mol. The van der Waals surface area contributed by atoms with Gasteiger partial charge in [-0.3, -0.25) is 0 Å². The molecule has 0 fully saturated rings. The summed E-state index contributed by atoms with van der Waals surface area (Å²) in [5, 5.41) is 3.90. The van der Waals surface area contributed by atoms with Gasteiger partial charge in [0.25, 0.3) is 0 Å². The van der Waals surface area contributed by atoms with Crippen molar-refractivity contribution in [2.45, 2.75) is 46.1 Å². The molecule has 0 aliphatic heterocycles. The number of likely N-dealkylation sites (N-methyl/N-ethyl adjacent to an activating group) is 1. The predicted octanol–water partition coefficient (Wildman–Crippen LogP) is 3.10. The minimum Gasteiger partial charge on any atom is -0.368 e. The third-order valence-electron chi connectivity index (χ3n) is 3.20. The van der Waals surface area contributed by atoms with Gasteiger partial charge >= 0.3 is 0 Å². The molecule has 0 amide bonds. The lowest BCUT2D eigenvalue weighted by molar-refractivity contribution is 0.326. The van der Waals surface area contributed by atoms with Gasteiger partial charge in [0.1, 0.15) is 16.8 Å². The summed E-state index contributed by atoms with van der Waals surface area (Å²) in [6, 6.07) is 0.422. The van der Waals surface area contributed by atoms with Gasteiger partial charge in [0.15, 0.2) is 0 Å². The number of aromatic nitrogens is 2. The molecule has 0 radical (unpaired) electrons. The van der Waals surface area contributed by atoms with Crippen LogP contribution in [0.25, 0.3) is 0 Å². The first-order valence-corrected chi connectivity index (χ1v) is 6.95. The summed E-state index contributed by atoms with van der Waals surface area (Å²) < 4.78 is 0. The highest BCUT2D eigenvalue weighted by Crippen LogP contribution is 2.26. The molecule has 19 heavy (non-hydrogen) atoms. The standard InChI is InChI=1S/C14H25ClN4/c1-9(19(6)7)8-16-12-10(2)11(15)17-13(18-12)14(3,4)5/h9H,8H2,1-7H3,(H,16,17,18). The predicted molar refractivity (Wildman–Crippen MR) is 82.1 cm³/mol. The fourth-order valence-corrected chi connectivity index (χ4v) is 1.59. The Bertz CT molecular complexity index is 438. The fraction of sp³-hybridized carbons (Fsp3) is 0.714. The minimum absolute atomic E-state index is 0.110. The maximum Gasteiger partial charge on any atom is 0.137 e. The van der Waals surface area contributed by atoms with Gasteiger partial charge in [-0.15, -0.1) is 0 Å². The lowest BCUT2D eigenvalue weighted by atomic mass is 9.95. The molecule has 0 aliphatic carbocycles. The van der Waals surface area contributed by atoms with E-state index in [1.165, 1.54) is 0 Å². The third kappa shape index (κ3) is 4.32. The number of halogens is 1. The van der Waals surface area contributed by atoms with E-state index in [9.17, 15) is 0 Å². The van der Waals surface area contributed by atoms with E-state index in [1.54, 1.807) is 0 Å². The Morgan fingerprint density at radius 3 is 2.32 bits per heavy atom. The molecule has 1 aromatic heterocycles. The Morgan fingerprint density at radius 2 is 1.84 bits per heavy atom. The lowest BCUT2D eigenvalue weighted by Crippen LogP contribution is -2.32. The van der Waals surface area contributed by atoms with Crippen LogP contribution in [-0.4, -0.2) is 41.5 Å². The van der Waals surface area contributed by atoms with Crippen molar-refractivity contribution in [3.63, 3.8) is 0 Å². The molecule has 5 heteroatoms. The molecule has 1 heterocycles. The molecule has 1 N–H and O–H groups in total. The second-order valence-corrected chi connectivity index (χ2v) is 6.61. The van der Waals surface area contributed by atoms with Crippen LogP contribution < -0.4 is 5.32 Å². The number of nitrogens with one attached hydrogen (secondary N) is 1. The molecule has 1 rings (SSSR count). The highest BCUT2D eigenvalue weighted by Gasteiger charge is 2.20. The molecule has 1 atom stereocenters. The van der Waals surface area contributed by atoms with E-state index in [-0.39, 0.29) is 5.41 Å². The summed E-state index contributed by atoms with van der Waals surface area (Å²) in [5.41, 5.74) is 0.793. The Labute approximate surface area is 121 Å². The fourth-order valence-electron chi connectivity index (χ4n) is 1.42. The van der Waals surface area contributed by atoms with Gasteiger partial charge in [0.2, 0.25) is 0 Å². The Balaban J connectivity index is 2.97. The monoisotopic (exact) mass is 284 g/mol. The van der Waals surface area contributed by atoms with E-state index in [2.05, 4.69) is 62.0 Å². The average molecular weight is 285 g/mol. The Hall–Kier alpha value is -0.870. The van der Waals surface area contributed by atoms with Gasteiger partial charge in [-0.25, -0.2) is 9.97 Å². The van der Waals surface area contributed by atoms with E-state index in [0.29, 0.717) is 11.2 Å². The summed E-state index contributed by atoms with van der Waals surface area (Å²) in [5.74, 6) is 1.60. The zero-order chi connectivity index (χ0) is 14.8. The molecule has 0 bridgehead atoms. The van der Waals surface area contributed by atoms with Crippen molar-refractivity contribution in [1.29, 1.82) is 0 Å². The lowest BCUT2D eigenvalue weighted by Gasteiger charge is -2.23. The van der Waals surface area contributed by atoms with Gasteiger partial charge < -0.3 is 10.2 Å². The van der Waals surface area contributed by atoms with Crippen molar-refractivity contribution in [3.05, 3.63) is 16.5 Å². The van der Waals surface area contributed by atoms with Gasteiger partial charge in [0.05, 0.1) is 0 Å². The van der Waals surface area contributed by atoms with Crippen molar-refractivity contribution in [3.8, 4) is 0 Å². The molecule has 0 aromatic carbocycles. The molecule has 0 saturated heterocycles. The van der Waals surface area contributed by atoms with Crippen molar-refractivity contribution in [2.24, 2.45) is 0 Å². The van der Waals surface area contributed by atoms with Crippen molar-refractivity contribution in [2.75, 3.05) is 26.0 Å². The number of hydrogen-bond acceptors (Lipinski definition) is 4. The second kappa shape index (κ2) is 6.06. The Kier molecular flexibility index (Phi) is 5.16. The zero-order valence-electron chi connectivity index (χ0n) is 13.0. The highest BCUT2D eigenvalue weighted by atomic mass is 35.5. The van der Waals surface area contributed by atoms with Crippen LogP contribution in [0.15, 0.2) is 0 Å². The minimum atomic E-state index is -0.110. The van der Waals surface area contributed by atoms with E-state index in [0.717, 1.165) is 23.8 Å². The van der Waals surface area contributed by atoms with Gasteiger partial charge in [-0.1, -0.05) is 32.4 Å². The molecule has 4 nitrogen and oxygen atoms in total. The summed E-state index contributed by atoms with van der Waals surface area (Å²) in [6.07, 6.45) is 0. The maximum atomic E-state index is 6.20. The molecule has 1 aromatic rings. The van der Waals surface area contributed by atoms with Crippen LogP contribution in [0.5, 0.6) is 0 Å². The number of anilines is 1. The van der Waals surface area contributed by atoms with Crippen LogP contribution in [-0.2, 0) is 5.41 Å². The van der Waals surface area contributed by atoms with Crippen LogP contribution in [0.3, 0.4) is 0 Å². The maximum absolute atomic E-state index is 6.20. The van der Waals surface area contributed by atoms with E-state index < -0.39 is 0 Å². The number of nitrogens with zero attached hydrogens (tertiary/aromatic N) is 3. The molecule has 0 aliphatic rings. The van der Waals surface area contributed by atoms with E-state index in [1.807, 2.05) is 6.92 Å². The first kappa shape index (κ1) is 16.2. The van der Waals surface area contributed by atoms with Crippen LogP contribution in [0.1, 0.15) is 39.1 Å². The Morgan fingerprint density at radius 1 is 1.26 bits per heavy atom. The zero-order valence-corrected chi connectivity index (χ0v) is 13.8. The first-order chi connectivity index (χ1) is 8.62. The first-order valence-electron chi connectivity index (χ1n) is 6.58. The molecule has 108 valence electrons. The van der Waals surface area contributed by atoms with Crippen LogP contribution in [0.4, 0.5) is 5.82 Å². The van der Waals surface area contributed by atoms with Gasteiger partial charge in [-0.05, 0) is 27.9 Å². The summed E-state index contributed by atoms with van der Waals surface area (Å²) in [6.45, 7) is 11.2. The molecule has 0 saturated carbocycles. The number of hydrogen-bond donors (Lipinski definition) is 1. The summed E-state index contributed by atoms with van der Waals surface area (Å²) >= 11 is 6.20. The van der Waals surface area contributed by atoms with Crippen LogP contribution in [0, 0.1) is 6.92 Å². The summed E-state index contributed by atoms with van der Waals surface area (Å²) in [4.78, 5) is 11.1. The normalized spacial score (nSPS) is 13.7. The van der Waals surface area contributed by atoms with Gasteiger partial charge in [-0.2, -0.15) is 0 Å². The number of rotatable bonds is 4. The van der Waals surface area contributed by atoms with Crippen molar-refractivity contribution < 1.29 is 0 Å². The molecular formula is C14H25ClN4. The highest BCUT2D eigenvalue weighted by molar-refractivity contribution is 6.30. The van der Waals surface area contributed by atoms with Gasteiger partial charge in [0, 0.05) is 23.6 Å².